The molecule has 0 unspecified atom stereocenters. The number of ketones is 1. The number of carbonyl (C=O) groups is 2. The van der Waals surface area contributed by atoms with Crippen molar-refractivity contribution in [2.45, 2.75) is 0 Å². The lowest BCUT2D eigenvalue weighted by Gasteiger charge is -2.07. The Morgan fingerprint density at radius 2 is 1.87 bits per heavy atom. The zero-order valence-electron chi connectivity index (χ0n) is 11.7. The molecule has 0 amide bonds. The van der Waals surface area contributed by atoms with Gasteiger partial charge in [0.05, 0.1) is 16.1 Å². The Hall–Kier alpha value is -3.29. The molecule has 0 saturated heterocycles. The van der Waals surface area contributed by atoms with Crippen molar-refractivity contribution in [3.05, 3.63) is 69.5 Å². The maximum Gasteiger partial charge on any atom is 0.340 e. The maximum absolute atomic E-state index is 13.4. The summed E-state index contributed by atoms with van der Waals surface area (Å²) in [6.07, 6.45) is 0. The number of nitrogens with two attached hydrogens (primary N) is 1. The van der Waals surface area contributed by atoms with E-state index in [1.165, 1.54) is 24.3 Å². The first-order chi connectivity index (χ1) is 10.9. The van der Waals surface area contributed by atoms with Crippen LogP contribution in [0.4, 0.5) is 15.8 Å². The molecular formula is C15H11FN2O5. The fourth-order valence-corrected chi connectivity index (χ4v) is 1.81. The number of anilines is 1. The normalized spacial score (nSPS) is 10.1. The van der Waals surface area contributed by atoms with E-state index in [0.29, 0.717) is 0 Å². The highest BCUT2D eigenvalue weighted by Gasteiger charge is 2.19. The molecule has 0 bridgehead atoms. The van der Waals surface area contributed by atoms with Gasteiger partial charge in [-0.05, 0) is 18.2 Å². The Bertz CT molecular complexity index is 791. The van der Waals surface area contributed by atoms with E-state index in [2.05, 4.69) is 0 Å². The number of ether oxygens (including phenoxy) is 1. The first kappa shape index (κ1) is 16.1. The minimum Gasteiger partial charge on any atom is -0.454 e. The van der Waals surface area contributed by atoms with E-state index < -0.39 is 29.1 Å². The van der Waals surface area contributed by atoms with E-state index in [0.717, 1.165) is 18.2 Å². The highest BCUT2D eigenvalue weighted by molar-refractivity contribution is 6.01. The maximum atomic E-state index is 13.4. The molecule has 23 heavy (non-hydrogen) atoms. The molecule has 8 heteroatoms. The largest absolute Gasteiger partial charge is 0.454 e. The van der Waals surface area contributed by atoms with Gasteiger partial charge in [-0.1, -0.05) is 12.1 Å². The standard InChI is InChI=1S/C15H11FN2O5/c16-12-4-2-1-3-10(12)14(19)8-23-15(20)11-7-9(18(21)22)5-6-13(11)17/h1-7H,8,17H2. The molecule has 2 aromatic carbocycles. The molecule has 0 fully saturated rings. The number of non-ortho nitro benzene ring substituents is 1. The summed E-state index contributed by atoms with van der Waals surface area (Å²) < 4.78 is 18.2. The van der Waals surface area contributed by atoms with Gasteiger partial charge in [-0.3, -0.25) is 14.9 Å². The molecule has 118 valence electrons. The molecule has 0 aliphatic rings. The summed E-state index contributed by atoms with van der Waals surface area (Å²) in [6, 6.07) is 8.52. The van der Waals surface area contributed by atoms with Crippen LogP contribution in [0, 0.1) is 15.9 Å². The third kappa shape index (κ3) is 3.67. The number of hydrogen-bond acceptors (Lipinski definition) is 6. The molecule has 7 nitrogen and oxygen atoms in total. The van der Waals surface area contributed by atoms with Crippen LogP contribution in [0.15, 0.2) is 42.5 Å². The SMILES string of the molecule is Nc1ccc([N+](=O)[O-])cc1C(=O)OCC(=O)c1ccccc1F. The summed E-state index contributed by atoms with van der Waals surface area (Å²) >= 11 is 0. The van der Waals surface area contributed by atoms with Crippen molar-refractivity contribution in [2.24, 2.45) is 0 Å². The number of benzene rings is 2. The van der Waals surface area contributed by atoms with Gasteiger partial charge in [-0.25, -0.2) is 9.18 Å². The Morgan fingerprint density at radius 1 is 1.17 bits per heavy atom. The van der Waals surface area contributed by atoms with Gasteiger partial charge in [0, 0.05) is 17.8 Å². The number of nitro groups is 1. The predicted octanol–water partition coefficient (Wildman–Crippen LogP) is 2.36. The van der Waals surface area contributed by atoms with Crippen LogP contribution in [0.2, 0.25) is 0 Å². The van der Waals surface area contributed by atoms with Crippen LogP contribution in [0.3, 0.4) is 0 Å². The third-order valence-electron chi connectivity index (χ3n) is 2.98. The van der Waals surface area contributed by atoms with E-state index in [-0.39, 0.29) is 22.5 Å². The average Bonchev–Trinajstić information content (AvgIpc) is 2.53. The number of rotatable bonds is 5. The summed E-state index contributed by atoms with van der Waals surface area (Å²) in [5.74, 6) is -2.47. The molecule has 0 radical (unpaired) electrons. The smallest absolute Gasteiger partial charge is 0.340 e. The second-order valence-corrected chi connectivity index (χ2v) is 4.51. The van der Waals surface area contributed by atoms with Gasteiger partial charge in [0.2, 0.25) is 5.78 Å². The monoisotopic (exact) mass is 318 g/mol. The zero-order chi connectivity index (χ0) is 17.0. The average molecular weight is 318 g/mol. The topological polar surface area (TPSA) is 113 Å². The molecule has 2 aromatic rings. The minimum absolute atomic E-state index is 0.0288. The number of Topliss-reactive ketones (excluding diaryl/α,β-unsaturated/α-hetero) is 1. The van der Waals surface area contributed by atoms with Crippen molar-refractivity contribution in [3.63, 3.8) is 0 Å². The first-order valence-electron chi connectivity index (χ1n) is 6.39. The quantitative estimate of drug-likeness (QED) is 0.298. The van der Waals surface area contributed by atoms with E-state index in [9.17, 15) is 24.1 Å². The van der Waals surface area contributed by atoms with E-state index >= 15 is 0 Å². The summed E-state index contributed by atoms with van der Waals surface area (Å²) in [5.41, 5.74) is 4.74. The van der Waals surface area contributed by atoms with Crippen LogP contribution in [0.25, 0.3) is 0 Å². The molecule has 0 heterocycles. The Kier molecular flexibility index (Phi) is 4.65. The zero-order valence-corrected chi connectivity index (χ0v) is 11.7. The van der Waals surface area contributed by atoms with Crippen molar-refractivity contribution >= 4 is 23.1 Å². The summed E-state index contributed by atoms with van der Waals surface area (Å²) in [4.78, 5) is 33.7. The molecule has 0 aromatic heterocycles. The Balaban J connectivity index is 2.11. The molecule has 2 N–H and O–H groups in total. The molecule has 0 spiro atoms. The number of nitro benzene ring substituents is 1. The van der Waals surface area contributed by atoms with Crippen LogP contribution in [-0.2, 0) is 4.74 Å². The lowest BCUT2D eigenvalue weighted by molar-refractivity contribution is -0.384. The molecule has 2 rings (SSSR count). The van der Waals surface area contributed by atoms with Crippen molar-refractivity contribution < 1.29 is 23.6 Å². The number of carbonyl (C=O) groups excluding carboxylic acids is 2. The van der Waals surface area contributed by atoms with Crippen molar-refractivity contribution in [1.29, 1.82) is 0 Å². The highest BCUT2D eigenvalue weighted by atomic mass is 19.1. The van der Waals surface area contributed by atoms with Gasteiger partial charge in [0.15, 0.2) is 6.61 Å². The fourth-order valence-electron chi connectivity index (χ4n) is 1.81. The van der Waals surface area contributed by atoms with Crippen LogP contribution < -0.4 is 5.73 Å². The first-order valence-corrected chi connectivity index (χ1v) is 6.39. The van der Waals surface area contributed by atoms with E-state index in [4.69, 9.17) is 10.5 Å². The van der Waals surface area contributed by atoms with Crippen LogP contribution in [0.1, 0.15) is 20.7 Å². The van der Waals surface area contributed by atoms with Crippen LogP contribution in [-0.4, -0.2) is 23.3 Å². The van der Waals surface area contributed by atoms with Gasteiger partial charge in [-0.2, -0.15) is 0 Å². The van der Waals surface area contributed by atoms with Gasteiger partial charge in [0.25, 0.3) is 5.69 Å². The van der Waals surface area contributed by atoms with Gasteiger partial charge in [-0.15, -0.1) is 0 Å². The van der Waals surface area contributed by atoms with Crippen molar-refractivity contribution in [1.82, 2.24) is 0 Å². The molecule has 0 aliphatic heterocycles. The summed E-state index contributed by atoms with van der Waals surface area (Å²) in [6.45, 7) is -0.706. The second-order valence-electron chi connectivity index (χ2n) is 4.51. The Morgan fingerprint density at radius 3 is 2.52 bits per heavy atom. The van der Waals surface area contributed by atoms with Gasteiger partial charge >= 0.3 is 5.97 Å². The molecule has 0 aliphatic carbocycles. The number of nitrogen functional groups attached to an aromatic ring is 1. The van der Waals surface area contributed by atoms with Gasteiger partial charge in [0.1, 0.15) is 5.82 Å². The lowest BCUT2D eigenvalue weighted by atomic mass is 10.1. The molecular weight excluding hydrogens is 307 g/mol. The summed E-state index contributed by atoms with van der Waals surface area (Å²) in [7, 11) is 0. The number of hydrogen-bond donors (Lipinski definition) is 1. The van der Waals surface area contributed by atoms with Crippen LogP contribution in [0.5, 0.6) is 0 Å². The predicted molar refractivity (Wildman–Crippen MR) is 78.5 cm³/mol. The number of esters is 1. The number of nitrogens with zero attached hydrogens (tertiary/aromatic N) is 1. The van der Waals surface area contributed by atoms with E-state index in [1.807, 2.05) is 0 Å². The minimum atomic E-state index is -1.00. The number of halogens is 1. The molecule has 0 saturated carbocycles. The Labute approximate surface area is 129 Å². The summed E-state index contributed by atoms with van der Waals surface area (Å²) in [5, 5.41) is 10.7. The van der Waals surface area contributed by atoms with Gasteiger partial charge < -0.3 is 10.5 Å². The third-order valence-corrected chi connectivity index (χ3v) is 2.98. The van der Waals surface area contributed by atoms with E-state index in [1.54, 1.807) is 0 Å². The van der Waals surface area contributed by atoms with Crippen LogP contribution >= 0.6 is 0 Å². The fraction of sp³-hybridized carbons (Fsp3) is 0.0667. The lowest BCUT2D eigenvalue weighted by Crippen LogP contribution is -2.16. The highest BCUT2D eigenvalue weighted by Crippen LogP contribution is 2.20. The van der Waals surface area contributed by atoms with Crippen molar-refractivity contribution in [3.8, 4) is 0 Å². The molecule has 0 atom stereocenters. The second kappa shape index (κ2) is 6.65. The van der Waals surface area contributed by atoms with Crippen molar-refractivity contribution in [2.75, 3.05) is 12.3 Å².